The number of nitrogens with zero attached hydrogens (tertiary/aromatic N) is 1. The normalized spacial score (nSPS) is 18.3. The molecular weight excluding hydrogens is 230 g/mol. The fourth-order valence-electron chi connectivity index (χ4n) is 1.65. The van der Waals surface area contributed by atoms with E-state index in [4.69, 9.17) is 10.2 Å². The molecule has 0 aliphatic carbocycles. The first-order valence-electron chi connectivity index (χ1n) is 4.84. The van der Waals surface area contributed by atoms with Crippen LogP contribution in [0.4, 0.5) is 0 Å². The van der Waals surface area contributed by atoms with Gasteiger partial charge in [0.05, 0.1) is 18.4 Å². The van der Waals surface area contributed by atoms with E-state index in [1.807, 2.05) is 0 Å². The summed E-state index contributed by atoms with van der Waals surface area (Å²) in [7, 11) is 0. The number of rotatable bonds is 5. The first kappa shape index (κ1) is 12.9. The van der Waals surface area contributed by atoms with Crippen molar-refractivity contribution in [3.05, 3.63) is 12.2 Å². The highest BCUT2D eigenvalue weighted by molar-refractivity contribution is 6.13. The highest BCUT2D eigenvalue weighted by atomic mass is 16.4. The molecule has 2 N–H and O–H groups in total. The van der Waals surface area contributed by atoms with Crippen LogP contribution >= 0.6 is 0 Å². The van der Waals surface area contributed by atoms with Crippen LogP contribution in [0.2, 0.25) is 0 Å². The minimum Gasteiger partial charge on any atom is -0.481 e. The number of carbonyl (C=O) groups is 4. The van der Waals surface area contributed by atoms with E-state index >= 15 is 0 Å². The minimum atomic E-state index is -1.35. The van der Waals surface area contributed by atoms with Gasteiger partial charge in [0.15, 0.2) is 0 Å². The van der Waals surface area contributed by atoms with E-state index in [0.717, 1.165) is 17.1 Å². The van der Waals surface area contributed by atoms with E-state index < -0.39 is 42.1 Å². The number of imide groups is 1. The second-order valence-electron chi connectivity index (χ2n) is 3.66. The van der Waals surface area contributed by atoms with Gasteiger partial charge < -0.3 is 10.2 Å². The van der Waals surface area contributed by atoms with Crippen molar-refractivity contribution in [1.29, 1.82) is 0 Å². The monoisotopic (exact) mass is 241 g/mol. The number of hydrogen-bond donors (Lipinski definition) is 2. The summed E-state index contributed by atoms with van der Waals surface area (Å²) in [6.45, 7) is 1.34. The molecule has 0 saturated heterocycles. The molecule has 7 nitrogen and oxygen atoms in total. The quantitative estimate of drug-likeness (QED) is 0.626. The molecule has 0 saturated carbocycles. The molecule has 17 heavy (non-hydrogen) atoms. The predicted octanol–water partition coefficient (Wildman–Crippen LogP) is -0.525. The fraction of sp³-hybridized carbons (Fsp3) is 0.400. The van der Waals surface area contributed by atoms with Gasteiger partial charge in [-0.2, -0.15) is 0 Å². The minimum absolute atomic E-state index is 0.626. The van der Waals surface area contributed by atoms with E-state index in [1.54, 1.807) is 0 Å². The zero-order valence-corrected chi connectivity index (χ0v) is 8.99. The second-order valence-corrected chi connectivity index (χ2v) is 3.66. The van der Waals surface area contributed by atoms with E-state index in [2.05, 4.69) is 0 Å². The van der Waals surface area contributed by atoms with Gasteiger partial charge >= 0.3 is 11.9 Å². The smallest absolute Gasteiger partial charge is 0.309 e. The topological polar surface area (TPSA) is 112 Å². The van der Waals surface area contributed by atoms with Crippen LogP contribution in [0.1, 0.15) is 13.3 Å². The standard InChI is InChI=1S/C10H11NO6/c1-5(6(10(16)17)4-9(14)15)11-7(12)2-3-8(11)13/h2-3,5-6H,4H2,1H3,(H,14,15)(H,16,17). The summed E-state index contributed by atoms with van der Waals surface area (Å²) >= 11 is 0. The molecule has 2 unspecified atom stereocenters. The van der Waals surface area contributed by atoms with E-state index in [1.165, 1.54) is 6.92 Å². The molecule has 0 fully saturated rings. The lowest BCUT2D eigenvalue weighted by Crippen LogP contribution is -2.45. The van der Waals surface area contributed by atoms with Crippen molar-refractivity contribution < 1.29 is 29.4 Å². The molecule has 1 aliphatic heterocycles. The van der Waals surface area contributed by atoms with Crippen molar-refractivity contribution >= 4 is 23.8 Å². The Morgan fingerprint density at radius 3 is 2.06 bits per heavy atom. The van der Waals surface area contributed by atoms with Crippen molar-refractivity contribution in [2.24, 2.45) is 5.92 Å². The maximum absolute atomic E-state index is 11.3. The Labute approximate surface area is 96.3 Å². The molecule has 7 heteroatoms. The summed E-state index contributed by atoms with van der Waals surface area (Å²) in [5, 5.41) is 17.5. The van der Waals surface area contributed by atoms with Gasteiger partial charge in [-0.1, -0.05) is 0 Å². The lowest BCUT2D eigenvalue weighted by molar-refractivity contribution is -0.153. The maximum atomic E-state index is 11.3. The number of hydrogen-bond acceptors (Lipinski definition) is 4. The van der Waals surface area contributed by atoms with Crippen molar-refractivity contribution in [2.45, 2.75) is 19.4 Å². The van der Waals surface area contributed by atoms with Crippen molar-refractivity contribution in [1.82, 2.24) is 4.90 Å². The van der Waals surface area contributed by atoms with Gasteiger partial charge in [0.25, 0.3) is 11.8 Å². The van der Waals surface area contributed by atoms with E-state index in [0.29, 0.717) is 0 Å². The summed E-state index contributed by atoms with van der Waals surface area (Å²) in [5.74, 6) is -5.22. The number of amides is 2. The van der Waals surface area contributed by atoms with Crippen LogP contribution in [-0.4, -0.2) is 44.9 Å². The van der Waals surface area contributed by atoms with Crippen LogP contribution in [0.3, 0.4) is 0 Å². The predicted molar refractivity (Wildman–Crippen MR) is 53.8 cm³/mol. The van der Waals surface area contributed by atoms with Gasteiger partial charge in [0.1, 0.15) is 0 Å². The number of carboxylic acid groups (broad SMARTS) is 2. The third kappa shape index (κ3) is 2.68. The van der Waals surface area contributed by atoms with Crippen LogP contribution in [0.5, 0.6) is 0 Å². The molecule has 0 aromatic carbocycles. The molecule has 2 amide bonds. The Morgan fingerprint density at radius 1 is 1.24 bits per heavy atom. The van der Waals surface area contributed by atoms with E-state index in [-0.39, 0.29) is 0 Å². The molecule has 0 spiro atoms. The molecule has 1 rings (SSSR count). The summed E-state index contributed by atoms with van der Waals surface area (Å²) in [6.07, 6.45) is 1.41. The number of aliphatic carboxylic acids is 2. The second kappa shape index (κ2) is 4.77. The van der Waals surface area contributed by atoms with Gasteiger partial charge in [0, 0.05) is 12.2 Å². The lowest BCUT2D eigenvalue weighted by Gasteiger charge is -2.26. The molecule has 0 aromatic heterocycles. The van der Waals surface area contributed by atoms with Gasteiger partial charge in [0.2, 0.25) is 0 Å². The van der Waals surface area contributed by atoms with Crippen molar-refractivity contribution in [3.63, 3.8) is 0 Å². The zero-order chi connectivity index (χ0) is 13.2. The first-order chi connectivity index (χ1) is 7.84. The Bertz CT molecular complexity index is 395. The van der Waals surface area contributed by atoms with Crippen LogP contribution in [0.15, 0.2) is 12.2 Å². The van der Waals surface area contributed by atoms with Gasteiger partial charge in [-0.05, 0) is 6.92 Å². The van der Waals surface area contributed by atoms with Gasteiger partial charge in [-0.25, -0.2) is 0 Å². The Morgan fingerprint density at radius 2 is 1.71 bits per heavy atom. The van der Waals surface area contributed by atoms with Crippen molar-refractivity contribution in [2.75, 3.05) is 0 Å². The number of carboxylic acids is 2. The Balaban J connectivity index is 2.88. The van der Waals surface area contributed by atoms with Crippen molar-refractivity contribution in [3.8, 4) is 0 Å². The third-order valence-electron chi connectivity index (χ3n) is 2.54. The van der Waals surface area contributed by atoms with Gasteiger partial charge in [-0.3, -0.25) is 24.1 Å². The average Bonchev–Trinajstić information content (AvgIpc) is 2.53. The highest BCUT2D eigenvalue weighted by Crippen LogP contribution is 2.19. The lowest BCUT2D eigenvalue weighted by atomic mass is 9.96. The zero-order valence-electron chi connectivity index (χ0n) is 8.99. The number of carbonyl (C=O) groups excluding carboxylic acids is 2. The molecule has 92 valence electrons. The highest BCUT2D eigenvalue weighted by Gasteiger charge is 2.37. The van der Waals surface area contributed by atoms with Crippen LogP contribution < -0.4 is 0 Å². The molecule has 0 bridgehead atoms. The summed E-state index contributed by atoms with van der Waals surface area (Å²) in [4.78, 5) is 44.8. The summed E-state index contributed by atoms with van der Waals surface area (Å²) in [6, 6.07) is -1.00. The van der Waals surface area contributed by atoms with Crippen LogP contribution in [0, 0.1) is 5.92 Å². The molecule has 0 radical (unpaired) electrons. The first-order valence-corrected chi connectivity index (χ1v) is 4.84. The molecular formula is C10H11NO6. The Kier molecular flexibility index (Phi) is 3.62. The van der Waals surface area contributed by atoms with Crippen LogP contribution in [-0.2, 0) is 19.2 Å². The van der Waals surface area contributed by atoms with E-state index in [9.17, 15) is 19.2 Å². The Hall–Kier alpha value is -2.18. The molecule has 0 aromatic rings. The fourth-order valence-corrected chi connectivity index (χ4v) is 1.65. The maximum Gasteiger partial charge on any atom is 0.309 e. The van der Waals surface area contributed by atoms with Crippen LogP contribution in [0.25, 0.3) is 0 Å². The largest absolute Gasteiger partial charge is 0.481 e. The molecule has 2 atom stereocenters. The summed E-state index contributed by atoms with van der Waals surface area (Å²) < 4.78 is 0. The third-order valence-corrected chi connectivity index (χ3v) is 2.54. The average molecular weight is 241 g/mol. The van der Waals surface area contributed by atoms with Gasteiger partial charge in [-0.15, -0.1) is 0 Å². The summed E-state index contributed by atoms with van der Waals surface area (Å²) in [5.41, 5.74) is 0. The molecule has 1 aliphatic rings. The molecule has 1 heterocycles. The SMILES string of the molecule is CC(C(CC(=O)O)C(=O)O)N1C(=O)C=CC1=O.